The lowest BCUT2D eigenvalue weighted by molar-refractivity contribution is 0.171. The first-order valence-electron chi connectivity index (χ1n) is 13.3. The monoisotopic (exact) mass is 552 g/mol. The number of aromatic nitrogens is 3. The second kappa shape index (κ2) is 12.9. The molecule has 0 unspecified atom stereocenters. The SMILES string of the molecule is CC.CCN(CC)CCNS(=O)(=O)c1ccc(Nc2nc3cccc(-c4ccc5c(c4)OCCO5)n3n2)cc1. The van der Waals surface area contributed by atoms with Crippen LogP contribution in [0.15, 0.2) is 65.6 Å². The lowest BCUT2D eigenvalue weighted by Gasteiger charge is -2.19. The van der Waals surface area contributed by atoms with Crippen LogP contribution in [0.2, 0.25) is 0 Å². The van der Waals surface area contributed by atoms with Crippen molar-refractivity contribution in [3.8, 4) is 22.8 Å². The van der Waals surface area contributed by atoms with E-state index in [1.807, 2.05) is 50.2 Å². The Kier molecular flexibility index (Phi) is 9.39. The normalized spacial score (nSPS) is 12.7. The first kappa shape index (κ1) is 28.3. The van der Waals surface area contributed by atoms with E-state index in [9.17, 15) is 8.42 Å². The van der Waals surface area contributed by atoms with E-state index in [-0.39, 0.29) is 4.90 Å². The summed E-state index contributed by atoms with van der Waals surface area (Å²) in [6, 6.07) is 18.1. The molecule has 2 aromatic heterocycles. The number of pyridine rings is 1. The Hall–Kier alpha value is -3.67. The minimum absolute atomic E-state index is 0.210. The van der Waals surface area contributed by atoms with Gasteiger partial charge in [-0.05, 0) is 67.7 Å². The van der Waals surface area contributed by atoms with Gasteiger partial charge in [-0.3, -0.25) is 0 Å². The minimum atomic E-state index is -3.58. The van der Waals surface area contributed by atoms with Gasteiger partial charge in [0.15, 0.2) is 17.1 Å². The molecule has 0 saturated carbocycles. The molecule has 0 bridgehead atoms. The molecule has 3 heterocycles. The van der Waals surface area contributed by atoms with Gasteiger partial charge >= 0.3 is 0 Å². The van der Waals surface area contributed by atoms with Gasteiger partial charge in [0.2, 0.25) is 16.0 Å². The van der Waals surface area contributed by atoms with Crippen LogP contribution in [0.25, 0.3) is 16.9 Å². The van der Waals surface area contributed by atoms with Crippen LogP contribution >= 0.6 is 0 Å². The van der Waals surface area contributed by atoms with Crippen LogP contribution in [0, 0.1) is 0 Å². The van der Waals surface area contributed by atoms with Crippen molar-refractivity contribution in [2.75, 3.05) is 44.7 Å². The summed E-state index contributed by atoms with van der Waals surface area (Å²) in [6.07, 6.45) is 0. The molecule has 0 fully saturated rings. The Bertz CT molecular complexity index is 1480. The third kappa shape index (κ3) is 6.67. The van der Waals surface area contributed by atoms with Crippen LogP contribution in [0.3, 0.4) is 0 Å². The summed E-state index contributed by atoms with van der Waals surface area (Å²) < 4.78 is 41.1. The first-order valence-corrected chi connectivity index (χ1v) is 14.8. The van der Waals surface area contributed by atoms with E-state index in [0.29, 0.717) is 49.3 Å². The molecule has 0 amide bonds. The van der Waals surface area contributed by atoms with Crippen molar-refractivity contribution in [2.24, 2.45) is 0 Å². The molecule has 4 aromatic rings. The van der Waals surface area contributed by atoms with E-state index in [0.717, 1.165) is 30.1 Å². The van der Waals surface area contributed by atoms with Crippen LogP contribution in [-0.2, 0) is 10.0 Å². The third-order valence-corrected chi connectivity index (χ3v) is 7.71. The molecule has 10 nitrogen and oxygen atoms in total. The Morgan fingerprint density at radius 1 is 0.949 bits per heavy atom. The molecule has 1 aliphatic heterocycles. The predicted octanol–water partition coefficient (Wildman–Crippen LogP) is 4.56. The Morgan fingerprint density at radius 2 is 1.67 bits per heavy atom. The number of benzene rings is 2. The van der Waals surface area contributed by atoms with Gasteiger partial charge in [-0.25, -0.2) is 17.7 Å². The van der Waals surface area contributed by atoms with Crippen molar-refractivity contribution in [2.45, 2.75) is 32.6 Å². The van der Waals surface area contributed by atoms with Gasteiger partial charge in [-0.15, -0.1) is 5.10 Å². The number of fused-ring (bicyclic) bond motifs is 2. The molecule has 0 saturated heterocycles. The van der Waals surface area contributed by atoms with E-state index >= 15 is 0 Å². The number of nitrogens with zero attached hydrogens (tertiary/aromatic N) is 4. The molecule has 208 valence electrons. The van der Waals surface area contributed by atoms with E-state index < -0.39 is 10.0 Å². The van der Waals surface area contributed by atoms with Gasteiger partial charge < -0.3 is 19.7 Å². The average molecular weight is 553 g/mol. The summed E-state index contributed by atoms with van der Waals surface area (Å²) >= 11 is 0. The fourth-order valence-corrected chi connectivity index (χ4v) is 5.21. The molecule has 2 N–H and O–H groups in total. The number of nitrogens with one attached hydrogen (secondary N) is 2. The topological polar surface area (TPSA) is 110 Å². The van der Waals surface area contributed by atoms with Crippen molar-refractivity contribution in [1.82, 2.24) is 24.2 Å². The molecule has 0 spiro atoms. The van der Waals surface area contributed by atoms with Gasteiger partial charge in [-0.2, -0.15) is 4.98 Å². The Morgan fingerprint density at radius 3 is 2.38 bits per heavy atom. The maximum Gasteiger partial charge on any atom is 0.247 e. The molecule has 0 atom stereocenters. The van der Waals surface area contributed by atoms with Crippen LogP contribution in [0.1, 0.15) is 27.7 Å². The van der Waals surface area contributed by atoms with Gasteiger partial charge in [-0.1, -0.05) is 33.8 Å². The van der Waals surface area contributed by atoms with E-state index in [1.54, 1.807) is 28.8 Å². The van der Waals surface area contributed by atoms with E-state index in [1.165, 1.54) is 0 Å². The van der Waals surface area contributed by atoms with Gasteiger partial charge in [0.25, 0.3) is 0 Å². The summed E-state index contributed by atoms with van der Waals surface area (Å²) in [6.45, 7) is 12.0. The molecule has 39 heavy (non-hydrogen) atoms. The second-order valence-electron chi connectivity index (χ2n) is 8.55. The zero-order chi connectivity index (χ0) is 27.8. The number of hydrogen-bond acceptors (Lipinski definition) is 8. The van der Waals surface area contributed by atoms with Crippen LogP contribution in [0.4, 0.5) is 11.6 Å². The number of ether oxygens (including phenoxy) is 2. The maximum atomic E-state index is 12.6. The third-order valence-electron chi connectivity index (χ3n) is 6.23. The van der Waals surface area contributed by atoms with Crippen LogP contribution < -0.4 is 19.5 Å². The van der Waals surface area contributed by atoms with Crippen LogP contribution in [0.5, 0.6) is 11.5 Å². The molecule has 5 rings (SSSR count). The number of hydrogen-bond donors (Lipinski definition) is 2. The number of likely N-dealkylation sites (N-methyl/N-ethyl adjacent to an activating group) is 1. The highest BCUT2D eigenvalue weighted by Gasteiger charge is 2.16. The zero-order valence-corrected chi connectivity index (χ0v) is 23.7. The van der Waals surface area contributed by atoms with Gasteiger partial charge in [0.1, 0.15) is 13.2 Å². The molecular formula is C28H36N6O4S. The molecule has 2 aromatic carbocycles. The summed E-state index contributed by atoms with van der Waals surface area (Å²) in [5.41, 5.74) is 3.13. The Labute approximate surface area is 230 Å². The summed E-state index contributed by atoms with van der Waals surface area (Å²) in [5.74, 6) is 1.84. The van der Waals surface area contributed by atoms with E-state index in [4.69, 9.17) is 9.47 Å². The van der Waals surface area contributed by atoms with Crippen molar-refractivity contribution in [3.05, 3.63) is 60.7 Å². The highest BCUT2D eigenvalue weighted by Crippen LogP contribution is 2.34. The highest BCUT2D eigenvalue weighted by atomic mass is 32.2. The fraction of sp³-hybridized carbons (Fsp3) is 0.357. The van der Waals surface area contributed by atoms with Crippen LogP contribution in [-0.4, -0.2) is 67.3 Å². The zero-order valence-electron chi connectivity index (χ0n) is 22.8. The standard InChI is InChI=1S/C26H30N6O4S.C2H6/c1-3-31(4-2)15-14-27-37(33,34)21-11-9-20(10-12-21)28-26-29-25-7-5-6-22(32(25)30-26)19-8-13-23-24(18-19)36-17-16-35-23;1-2/h5-13,18,27H,3-4,14-17H2,1-2H3,(H,28,30);1-2H3. The van der Waals surface area contributed by atoms with Crippen molar-refractivity contribution >= 4 is 27.3 Å². The lowest BCUT2D eigenvalue weighted by Crippen LogP contribution is -2.34. The highest BCUT2D eigenvalue weighted by molar-refractivity contribution is 7.89. The van der Waals surface area contributed by atoms with Gasteiger partial charge in [0, 0.05) is 24.3 Å². The minimum Gasteiger partial charge on any atom is -0.486 e. The number of anilines is 2. The Balaban J connectivity index is 0.00000172. The average Bonchev–Trinajstić information content (AvgIpc) is 3.39. The van der Waals surface area contributed by atoms with Crippen molar-refractivity contribution in [1.29, 1.82) is 0 Å². The number of rotatable bonds is 10. The smallest absolute Gasteiger partial charge is 0.247 e. The molecule has 0 aliphatic carbocycles. The molecular weight excluding hydrogens is 516 g/mol. The maximum absolute atomic E-state index is 12.6. The largest absolute Gasteiger partial charge is 0.486 e. The fourth-order valence-electron chi connectivity index (χ4n) is 4.19. The van der Waals surface area contributed by atoms with E-state index in [2.05, 4.69) is 38.9 Å². The lowest BCUT2D eigenvalue weighted by atomic mass is 10.1. The first-order chi connectivity index (χ1) is 19.0. The second-order valence-corrected chi connectivity index (χ2v) is 10.3. The quantitative estimate of drug-likeness (QED) is 0.295. The summed E-state index contributed by atoms with van der Waals surface area (Å²) in [7, 11) is -3.58. The summed E-state index contributed by atoms with van der Waals surface area (Å²) in [4.78, 5) is 6.95. The number of sulfonamides is 1. The van der Waals surface area contributed by atoms with Crippen molar-refractivity contribution < 1.29 is 17.9 Å². The van der Waals surface area contributed by atoms with Crippen molar-refractivity contribution in [3.63, 3.8) is 0 Å². The molecule has 11 heteroatoms. The molecule has 1 aliphatic rings. The summed E-state index contributed by atoms with van der Waals surface area (Å²) in [5, 5.41) is 7.79. The molecule has 0 radical (unpaired) electrons. The predicted molar refractivity (Wildman–Crippen MR) is 153 cm³/mol. The van der Waals surface area contributed by atoms with Gasteiger partial charge in [0.05, 0.1) is 10.6 Å².